The van der Waals surface area contributed by atoms with Gasteiger partial charge in [-0.15, -0.1) is 10.2 Å². The fourth-order valence-corrected chi connectivity index (χ4v) is 4.37. The second-order valence-corrected chi connectivity index (χ2v) is 8.18. The zero-order valence-electron chi connectivity index (χ0n) is 18.2. The topological polar surface area (TPSA) is 112 Å². The van der Waals surface area contributed by atoms with Gasteiger partial charge in [-0.25, -0.2) is 4.79 Å². The third-order valence-corrected chi connectivity index (χ3v) is 6.02. The zero-order chi connectivity index (χ0) is 22.8. The SMILES string of the molecule is Cc1ccc(CCc2c(-c3cc[nH]c3)n(CCc3nn[nH]n3)c3ccc(C(=O)O)cc23)cc1. The van der Waals surface area contributed by atoms with Crippen molar-refractivity contribution in [3.63, 3.8) is 0 Å². The number of tetrazole rings is 1. The highest BCUT2D eigenvalue weighted by atomic mass is 16.4. The normalized spacial score (nSPS) is 11.3. The standard InChI is InChI=1S/C25H24N6O2/c1-16-2-4-17(5-3-16)6-8-20-21-14-18(25(32)33)7-9-22(21)31(13-11-23-27-29-30-28-23)24(20)19-10-12-26-15-19/h2-5,7,9-10,12,14-15,26H,6,8,11,13H2,1H3,(H,32,33)(H,27,28,29,30). The lowest BCUT2D eigenvalue weighted by atomic mass is 9.98. The second kappa shape index (κ2) is 8.74. The van der Waals surface area contributed by atoms with Gasteiger partial charge < -0.3 is 14.7 Å². The van der Waals surface area contributed by atoms with E-state index in [-0.39, 0.29) is 5.56 Å². The van der Waals surface area contributed by atoms with E-state index >= 15 is 0 Å². The predicted molar refractivity (Wildman–Crippen MR) is 125 cm³/mol. The molecule has 2 aromatic carbocycles. The smallest absolute Gasteiger partial charge is 0.335 e. The number of hydrogen-bond donors (Lipinski definition) is 3. The number of carbonyl (C=O) groups is 1. The fraction of sp³-hybridized carbons (Fsp3) is 0.200. The summed E-state index contributed by atoms with van der Waals surface area (Å²) in [6, 6.07) is 16.0. The number of aromatic nitrogens is 6. The summed E-state index contributed by atoms with van der Waals surface area (Å²) >= 11 is 0. The van der Waals surface area contributed by atoms with Crippen molar-refractivity contribution >= 4 is 16.9 Å². The Hall–Kier alpha value is -4.20. The average Bonchev–Trinajstić information content (AvgIpc) is 3.57. The van der Waals surface area contributed by atoms with Crippen LogP contribution in [0.2, 0.25) is 0 Å². The van der Waals surface area contributed by atoms with Gasteiger partial charge in [0.1, 0.15) is 0 Å². The van der Waals surface area contributed by atoms with Gasteiger partial charge in [0.25, 0.3) is 0 Å². The molecule has 0 aliphatic heterocycles. The molecule has 0 amide bonds. The van der Waals surface area contributed by atoms with Crippen molar-refractivity contribution in [3.8, 4) is 11.3 Å². The first kappa shape index (κ1) is 20.7. The number of hydrogen-bond acceptors (Lipinski definition) is 4. The molecular weight excluding hydrogens is 416 g/mol. The van der Waals surface area contributed by atoms with Gasteiger partial charge in [0.05, 0.1) is 11.3 Å². The van der Waals surface area contributed by atoms with Crippen molar-refractivity contribution < 1.29 is 9.90 Å². The maximum Gasteiger partial charge on any atom is 0.335 e. The molecule has 0 aliphatic carbocycles. The molecule has 0 fully saturated rings. The van der Waals surface area contributed by atoms with Gasteiger partial charge in [0.15, 0.2) is 5.82 Å². The highest BCUT2D eigenvalue weighted by Gasteiger charge is 2.20. The van der Waals surface area contributed by atoms with Crippen LogP contribution in [0.25, 0.3) is 22.2 Å². The van der Waals surface area contributed by atoms with Crippen molar-refractivity contribution in [2.24, 2.45) is 0 Å². The molecule has 0 aliphatic rings. The van der Waals surface area contributed by atoms with E-state index < -0.39 is 5.97 Å². The molecule has 3 heterocycles. The van der Waals surface area contributed by atoms with E-state index in [2.05, 4.69) is 61.4 Å². The van der Waals surface area contributed by atoms with Gasteiger partial charge in [-0.05, 0) is 55.2 Å². The molecule has 3 N–H and O–H groups in total. The van der Waals surface area contributed by atoms with Crippen LogP contribution < -0.4 is 0 Å². The van der Waals surface area contributed by atoms with Crippen LogP contribution in [0.1, 0.15) is 32.9 Å². The summed E-state index contributed by atoms with van der Waals surface area (Å²) in [5, 5.41) is 24.9. The first-order valence-corrected chi connectivity index (χ1v) is 10.9. The summed E-state index contributed by atoms with van der Waals surface area (Å²) in [6.45, 7) is 2.73. The van der Waals surface area contributed by atoms with Crippen molar-refractivity contribution in [1.82, 2.24) is 30.2 Å². The molecule has 0 radical (unpaired) electrons. The lowest BCUT2D eigenvalue weighted by molar-refractivity contribution is 0.0697. The number of H-pyrrole nitrogens is 2. The molecule has 8 heteroatoms. The zero-order valence-corrected chi connectivity index (χ0v) is 18.2. The molecule has 3 aromatic heterocycles. The predicted octanol–water partition coefficient (Wildman–Crippen LogP) is 4.18. The molecule has 0 atom stereocenters. The first-order chi connectivity index (χ1) is 16.1. The molecular formula is C25H24N6O2. The monoisotopic (exact) mass is 440 g/mol. The number of aromatic amines is 2. The number of nitrogens with zero attached hydrogens (tertiary/aromatic N) is 4. The molecule has 33 heavy (non-hydrogen) atoms. The molecule has 8 nitrogen and oxygen atoms in total. The first-order valence-electron chi connectivity index (χ1n) is 10.9. The van der Waals surface area contributed by atoms with E-state index in [0.29, 0.717) is 18.8 Å². The minimum Gasteiger partial charge on any atom is -0.478 e. The summed E-state index contributed by atoms with van der Waals surface area (Å²) in [7, 11) is 0. The Morgan fingerprint density at radius 2 is 1.91 bits per heavy atom. The number of carboxylic acids is 1. The van der Waals surface area contributed by atoms with Crippen LogP contribution in [-0.4, -0.2) is 41.3 Å². The quantitative estimate of drug-likeness (QED) is 0.335. The van der Waals surface area contributed by atoms with Gasteiger partial charge in [0, 0.05) is 41.8 Å². The van der Waals surface area contributed by atoms with Crippen molar-refractivity contribution in [1.29, 1.82) is 0 Å². The third-order valence-electron chi connectivity index (χ3n) is 6.02. The average molecular weight is 441 g/mol. The number of nitrogens with one attached hydrogen (secondary N) is 2. The summed E-state index contributed by atoms with van der Waals surface area (Å²) in [5.74, 6) is -0.288. The van der Waals surface area contributed by atoms with Crippen LogP contribution in [0, 0.1) is 6.92 Å². The highest BCUT2D eigenvalue weighted by molar-refractivity contribution is 5.98. The lowest BCUT2D eigenvalue weighted by Crippen LogP contribution is -2.05. The molecule has 5 rings (SSSR count). The number of benzene rings is 2. The molecule has 0 spiro atoms. The van der Waals surface area contributed by atoms with Gasteiger partial charge in [-0.1, -0.05) is 35.0 Å². The van der Waals surface area contributed by atoms with E-state index in [1.807, 2.05) is 24.5 Å². The van der Waals surface area contributed by atoms with E-state index in [0.717, 1.165) is 40.6 Å². The molecule has 166 valence electrons. The maximum absolute atomic E-state index is 11.7. The Morgan fingerprint density at radius 1 is 1.06 bits per heavy atom. The minimum atomic E-state index is -0.927. The summed E-state index contributed by atoms with van der Waals surface area (Å²) in [5.41, 5.74) is 7.06. The van der Waals surface area contributed by atoms with Crippen molar-refractivity contribution in [2.75, 3.05) is 0 Å². The van der Waals surface area contributed by atoms with Crippen molar-refractivity contribution in [2.45, 2.75) is 32.7 Å². The largest absolute Gasteiger partial charge is 0.478 e. The Morgan fingerprint density at radius 3 is 2.61 bits per heavy atom. The van der Waals surface area contributed by atoms with Crippen LogP contribution in [0.3, 0.4) is 0 Å². The Balaban J connectivity index is 1.64. The Labute approximate surface area is 190 Å². The molecule has 5 aromatic rings. The Bertz CT molecular complexity index is 1380. The van der Waals surface area contributed by atoms with Crippen LogP contribution in [-0.2, 0) is 25.8 Å². The number of rotatable bonds is 8. The fourth-order valence-electron chi connectivity index (χ4n) is 4.37. The second-order valence-electron chi connectivity index (χ2n) is 8.18. The molecule has 0 saturated carbocycles. The lowest BCUT2D eigenvalue weighted by Gasteiger charge is -2.11. The van der Waals surface area contributed by atoms with Gasteiger partial charge in [0.2, 0.25) is 0 Å². The number of aromatic carboxylic acids is 1. The van der Waals surface area contributed by atoms with E-state index in [1.165, 1.54) is 11.1 Å². The van der Waals surface area contributed by atoms with Gasteiger partial charge >= 0.3 is 5.97 Å². The van der Waals surface area contributed by atoms with Gasteiger partial charge in [-0.3, -0.25) is 0 Å². The van der Waals surface area contributed by atoms with E-state index in [9.17, 15) is 9.90 Å². The van der Waals surface area contributed by atoms with Crippen LogP contribution in [0.15, 0.2) is 60.9 Å². The van der Waals surface area contributed by atoms with Crippen LogP contribution in [0.5, 0.6) is 0 Å². The number of carboxylic acid groups (broad SMARTS) is 1. The number of fused-ring (bicyclic) bond motifs is 1. The summed E-state index contributed by atoms with van der Waals surface area (Å²) in [6.07, 6.45) is 6.14. The molecule has 0 bridgehead atoms. The third kappa shape index (κ3) is 4.15. The number of aryl methyl sites for hydroxylation is 5. The highest BCUT2D eigenvalue weighted by Crippen LogP contribution is 2.35. The van der Waals surface area contributed by atoms with E-state index in [1.54, 1.807) is 12.1 Å². The Kier molecular flexibility index (Phi) is 5.48. The van der Waals surface area contributed by atoms with Crippen LogP contribution >= 0.6 is 0 Å². The van der Waals surface area contributed by atoms with Crippen molar-refractivity contribution in [3.05, 3.63) is 89.0 Å². The van der Waals surface area contributed by atoms with E-state index in [4.69, 9.17) is 0 Å². The van der Waals surface area contributed by atoms with Crippen LogP contribution in [0.4, 0.5) is 0 Å². The summed E-state index contributed by atoms with van der Waals surface area (Å²) < 4.78 is 2.24. The molecule has 0 saturated heterocycles. The summed E-state index contributed by atoms with van der Waals surface area (Å²) in [4.78, 5) is 14.9. The molecule has 0 unspecified atom stereocenters. The minimum absolute atomic E-state index is 0.287. The van der Waals surface area contributed by atoms with Gasteiger partial charge in [-0.2, -0.15) is 5.21 Å². The maximum atomic E-state index is 11.7.